The number of carboxylic acids is 2. The molecule has 0 heterocycles. The van der Waals surface area contributed by atoms with Gasteiger partial charge in [-0.2, -0.15) is 0 Å². The first kappa shape index (κ1) is 41.6. The number of aliphatic hydroxyl groups is 1. The van der Waals surface area contributed by atoms with Gasteiger partial charge in [0, 0.05) is 24.7 Å². The molecule has 3 rings (SSSR count). The van der Waals surface area contributed by atoms with E-state index in [4.69, 9.17) is 9.84 Å². The molecule has 3 aromatic carbocycles. The zero-order valence-electron chi connectivity index (χ0n) is 28.9. The van der Waals surface area contributed by atoms with Crippen molar-refractivity contribution >= 4 is 45.6 Å². The summed E-state index contributed by atoms with van der Waals surface area (Å²) < 4.78 is 28.7. The number of alkyl carbamates (subject to hydrolysis) is 1. The number of rotatable bonds is 19. The van der Waals surface area contributed by atoms with Crippen LogP contribution < -0.4 is 21.3 Å². The molecule has 16 nitrogen and oxygen atoms in total. The van der Waals surface area contributed by atoms with E-state index in [0.717, 1.165) is 11.8 Å². The van der Waals surface area contributed by atoms with Gasteiger partial charge in [-0.05, 0) is 55.2 Å². The van der Waals surface area contributed by atoms with Crippen LogP contribution in [0.15, 0.2) is 89.8 Å². The molecule has 284 valence electrons. The molecule has 4 amide bonds. The maximum absolute atomic E-state index is 13.1. The number of aliphatic hydroxyl groups excluding tert-OH is 1. The highest BCUT2D eigenvalue weighted by Crippen LogP contribution is 2.13. The first-order chi connectivity index (χ1) is 25.0. The summed E-state index contributed by atoms with van der Waals surface area (Å²) in [5.74, 6) is -5.11. The minimum absolute atomic E-state index is 0.0157. The summed E-state index contributed by atoms with van der Waals surface area (Å²) in [5.41, 5.74) is 1.46. The standard InChI is InChI=1S/C36H42N4O12S/c1-22(32(44)38-27(17-18-31(42)43)34(46)40-29(35(47)48)20-24-11-7-4-8-12-24)37-36(49)52-21-30(41)28(19-23-9-5-3-6-10-23)39-33(45)25-13-15-26(16-14-25)53(2,50)51/h3-16,22,27-30,41H,17-21H2,1-2H3,(H,37,49)(H,38,44)(H,39,45)(H,40,46)(H,42,43)(H,47,48)/t22-,27-,28-,29-,30-/m0/s1. The summed E-state index contributed by atoms with van der Waals surface area (Å²) in [5, 5.41) is 39.4. The normalized spacial score (nSPS) is 13.9. The second-order valence-corrected chi connectivity index (χ2v) is 14.2. The van der Waals surface area contributed by atoms with Gasteiger partial charge in [-0.3, -0.25) is 19.2 Å². The zero-order chi connectivity index (χ0) is 39.1. The third-order valence-corrected chi connectivity index (χ3v) is 9.04. The number of benzene rings is 3. The lowest BCUT2D eigenvalue weighted by Gasteiger charge is -2.25. The number of carbonyl (C=O) groups is 6. The zero-order valence-corrected chi connectivity index (χ0v) is 29.7. The molecule has 0 aromatic heterocycles. The number of hydrogen-bond acceptors (Lipinski definition) is 10. The first-order valence-corrected chi connectivity index (χ1v) is 18.3. The lowest BCUT2D eigenvalue weighted by molar-refractivity contribution is -0.143. The molecule has 0 unspecified atom stereocenters. The lowest BCUT2D eigenvalue weighted by atomic mass is 10.0. The van der Waals surface area contributed by atoms with Crippen LogP contribution in [0.1, 0.15) is 41.3 Å². The molecular formula is C36H42N4O12S. The number of ether oxygens (including phenoxy) is 1. The molecule has 0 spiro atoms. The Morgan fingerprint density at radius 1 is 0.717 bits per heavy atom. The van der Waals surface area contributed by atoms with Crippen LogP contribution in [-0.4, -0.2) is 103 Å². The van der Waals surface area contributed by atoms with Crippen molar-refractivity contribution in [2.45, 2.75) is 67.8 Å². The van der Waals surface area contributed by atoms with Crippen LogP contribution in [0, 0.1) is 0 Å². The van der Waals surface area contributed by atoms with E-state index in [1.165, 1.54) is 31.2 Å². The average Bonchev–Trinajstić information content (AvgIpc) is 3.11. The molecule has 3 aromatic rings. The van der Waals surface area contributed by atoms with Gasteiger partial charge in [0.1, 0.15) is 30.8 Å². The summed E-state index contributed by atoms with van der Waals surface area (Å²) in [6, 6.07) is 17.3. The largest absolute Gasteiger partial charge is 0.481 e. The number of sulfone groups is 1. The van der Waals surface area contributed by atoms with Crippen molar-refractivity contribution in [3.8, 4) is 0 Å². The van der Waals surface area contributed by atoms with Crippen LogP contribution in [0.4, 0.5) is 4.79 Å². The van der Waals surface area contributed by atoms with Crippen molar-refractivity contribution in [3.63, 3.8) is 0 Å². The molecule has 53 heavy (non-hydrogen) atoms. The van der Waals surface area contributed by atoms with E-state index in [9.17, 15) is 47.4 Å². The third-order valence-electron chi connectivity index (χ3n) is 7.91. The maximum Gasteiger partial charge on any atom is 0.407 e. The molecule has 5 atom stereocenters. The van der Waals surface area contributed by atoms with E-state index in [2.05, 4.69) is 21.3 Å². The van der Waals surface area contributed by atoms with Crippen LogP contribution in [0.2, 0.25) is 0 Å². The third kappa shape index (κ3) is 14.0. The highest BCUT2D eigenvalue weighted by molar-refractivity contribution is 7.90. The Morgan fingerprint density at radius 2 is 1.26 bits per heavy atom. The number of hydrogen-bond donors (Lipinski definition) is 7. The van der Waals surface area contributed by atoms with E-state index < -0.39 is 88.9 Å². The minimum Gasteiger partial charge on any atom is -0.481 e. The maximum atomic E-state index is 13.1. The van der Waals surface area contributed by atoms with E-state index in [1.807, 2.05) is 0 Å². The van der Waals surface area contributed by atoms with E-state index in [0.29, 0.717) is 5.56 Å². The molecule has 0 saturated carbocycles. The number of nitrogens with one attached hydrogen (secondary N) is 4. The first-order valence-electron chi connectivity index (χ1n) is 16.4. The summed E-state index contributed by atoms with van der Waals surface area (Å²) in [7, 11) is -3.50. The van der Waals surface area contributed by atoms with E-state index >= 15 is 0 Å². The van der Waals surface area contributed by atoms with Crippen molar-refractivity contribution in [1.29, 1.82) is 0 Å². The SMILES string of the molecule is C[C@H](NC(=O)OC[C@H](O)[C@H](Cc1ccccc1)NC(=O)c1ccc(S(C)(=O)=O)cc1)C(=O)N[C@@H](CCC(=O)O)C(=O)N[C@@H](Cc1ccccc1)C(=O)O. The highest BCUT2D eigenvalue weighted by atomic mass is 32.2. The monoisotopic (exact) mass is 754 g/mol. The molecule has 0 aliphatic heterocycles. The van der Waals surface area contributed by atoms with Gasteiger partial charge >= 0.3 is 18.0 Å². The van der Waals surface area contributed by atoms with Gasteiger partial charge < -0.3 is 41.3 Å². The Morgan fingerprint density at radius 3 is 1.79 bits per heavy atom. The Hall–Kier alpha value is -5.81. The predicted molar refractivity (Wildman–Crippen MR) is 189 cm³/mol. The number of aliphatic carboxylic acids is 2. The van der Waals surface area contributed by atoms with Crippen LogP contribution >= 0.6 is 0 Å². The summed E-state index contributed by atoms with van der Waals surface area (Å²) in [6.07, 6.45) is -2.45. The van der Waals surface area contributed by atoms with Gasteiger partial charge in [0.05, 0.1) is 10.9 Å². The molecule has 0 saturated heterocycles. The molecule has 0 bridgehead atoms. The smallest absolute Gasteiger partial charge is 0.407 e. The van der Waals surface area contributed by atoms with Crippen molar-refractivity contribution in [3.05, 3.63) is 102 Å². The van der Waals surface area contributed by atoms with Crippen molar-refractivity contribution in [2.24, 2.45) is 0 Å². The number of amides is 4. The summed E-state index contributed by atoms with van der Waals surface area (Å²) in [4.78, 5) is 74.8. The van der Waals surface area contributed by atoms with Gasteiger partial charge in [0.2, 0.25) is 11.8 Å². The van der Waals surface area contributed by atoms with Gasteiger partial charge in [0.25, 0.3) is 5.91 Å². The van der Waals surface area contributed by atoms with Gasteiger partial charge in [-0.1, -0.05) is 60.7 Å². The van der Waals surface area contributed by atoms with Crippen LogP contribution in [0.5, 0.6) is 0 Å². The second kappa shape index (κ2) is 19.7. The van der Waals surface area contributed by atoms with Crippen molar-refractivity contribution < 1.29 is 57.2 Å². The summed E-state index contributed by atoms with van der Waals surface area (Å²) in [6.45, 7) is 0.620. The fraction of sp³-hybridized carbons (Fsp3) is 0.333. The topological polar surface area (TPSA) is 255 Å². The van der Waals surface area contributed by atoms with Crippen LogP contribution in [0.25, 0.3) is 0 Å². The summed E-state index contributed by atoms with van der Waals surface area (Å²) >= 11 is 0. The molecule has 0 aliphatic carbocycles. The fourth-order valence-electron chi connectivity index (χ4n) is 4.97. The van der Waals surface area contributed by atoms with Gasteiger partial charge in [-0.25, -0.2) is 18.0 Å². The minimum atomic E-state index is -3.50. The number of carboxylic acid groups (broad SMARTS) is 2. The molecular weight excluding hydrogens is 712 g/mol. The molecule has 17 heteroatoms. The Kier molecular flexibility index (Phi) is 15.5. The molecule has 0 radical (unpaired) electrons. The van der Waals surface area contributed by atoms with Gasteiger partial charge in [-0.15, -0.1) is 0 Å². The van der Waals surface area contributed by atoms with E-state index in [-0.39, 0.29) is 29.7 Å². The fourth-order valence-corrected chi connectivity index (χ4v) is 5.60. The lowest BCUT2D eigenvalue weighted by Crippen LogP contribution is -2.55. The Bertz CT molecular complexity index is 1840. The van der Waals surface area contributed by atoms with Crippen molar-refractivity contribution in [2.75, 3.05) is 12.9 Å². The molecule has 0 fully saturated rings. The van der Waals surface area contributed by atoms with Crippen LogP contribution in [0.3, 0.4) is 0 Å². The van der Waals surface area contributed by atoms with E-state index in [1.54, 1.807) is 60.7 Å². The highest BCUT2D eigenvalue weighted by Gasteiger charge is 2.30. The average molecular weight is 755 g/mol. The Labute approximate surface area is 305 Å². The second-order valence-electron chi connectivity index (χ2n) is 12.2. The van der Waals surface area contributed by atoms with Gasteiger partial charge in [0.15, 0.2) is 9.84 Å². The number of carbonyl (C=O) groups excluding carboxylic acids is 4. The Balaban J connectivity index is 1.62. The van der Waals surface area contributed by atoms with Crippen molar-refractivity contribution in [1.82, 2.24) is 21.3 Å². The predicted octanol–water partition coefficient (Wildman–Crippen LogP) is 1.07. The molecule has 7 N–H and O–H groups in total. The van der Waals surface area contributed by atoms with Crippen LogP contribution in [-0.2, 0) is 46.6 Å². The molecule has 0 aliphatic rings. The quantitative estimate of drug-likeness (QED) is 0.0908.